The first-order valence-electron chi connectivity index (χ1n) is 9.48. The van der Waals surface area contributed by atoms with Crippen LogP contribution in [0.25, 0.3) is 0 Å². The molecule has 0 unspecified atom stereocenters. The van der Waals surface area contributed by atoms with Crippen LogP contribution in [0, 0.1) is 6.92 Å². The molecular weight excluding hydrogens is 367 g/mol. The van der Waals surface area contributed by atoms with E-state index in [9.17, 15) is 18.0 Å². The second kappa shape index (κ2) is 6.54. The second-order valence-electron chi connectivity index (χ2n) is 7.85. The Labute approximate surface area is 162 Å². The highest BCUT2D eigenvalue weighted by Gasteiger charge is 2.45. The van der Waals surface area contributed by atoms with Crippen molar-refractivity contribution in [2.75, 3.05) is 11.4 Å². The van der Waals surface area contributed by atoms with E-state index in [0.29, 0.717) is 17.9 Å². The normalized spacial score (nSPS) is 17.8. The number of rotatable bonds is 2. The maximum absolute atomic E-state index is 13.0. The van der Waals surface area contributed by atoms with Crippen LogP contribution >= 0.6 is 0 Å². The Hall–Kier alpha value is -2.50. The van der Waals surface area contributed by atoms with E-state index in [1.165, 1.54) is 6.07 Å². The molecule has 1 spiro atoms. The van der Waals surface area contributed by atoms with Gasteiger partial charge in [-0.05, 0) is 61.2 Å². The zero-order valence-corrected chi connectivity index (χ0v) is 15.9. The lowest BCUT2D eigenvalue weighted by molar-refractivity contribution is -0.137. The van der Waals surface area contributed by atoms with Gasteiger partial charge in [0.2, 0.25) is 5.91 Å². The van der Waals surface area contributed by atoms with Gasteiger partial charge in [-0.15, -0.1) is 0 Å². The maximum atomic E-state index is 13.0. The first kappa shape index (κ1) is 18.8. The van der Waals surface area contributed by atoms with E-state index in [-0.39, 0.29) is 17.1 Å². The highest BCUT2D eigenvalue weighted by Crippen LogP contribution is 2.51. The van der Waals surface area contributed by atoms with Gasteiger partial charge in [-0.1, -0.05) is 18.9 Å². The summed E-state index contributed by atoms with van der Waals surface area (Å²) in [6.45, 7) is 3.96. The molecule has 0 radical (unpaired) electrons. The predicted octanol–water partition coefficient (Wildman–Crippen LogP) is 5.98. The molecule has 2 aromatic carbocycles. The van der Waals surface area contributed by atoms with E-state index in [1.807, 2.05) is 12.1 Å². The zero-order valence-electron chi connectivity index (χ0n) is 15.9. The number of carbonyl (C=O) groups excluding carboxylic acids is 1. The number of alkyl halides is 3. The summed E-state index contributed by atoms with van der Waals surface area (Å²) in [7, 11) is 0. The van der Waals surface area contributed by atoms with Crippen molar-refractivity contribution in [1.29, 1.82) is 0 Å². The number of halogens is 3. The SMILES string of the molecule is CC(=O)N1CC2(CCCC2)c2cc(Oc3cc(C(F)(F)F)ccc3C)ccc21. The maximum Gasteiger partial charge on any atom is 0.416 e. The van der Waals surface area contributed by atoms with Crippen LogP contribution in [-0.2, 0) is 16.4 Å². The summed E-state index contributed by atoms with van der Waals surface area (Å²) in [4.78, 5) is 13.9. The van der Waals surface area contributed by atoms with Crippen molar-refractivity contribution in [3.05, 3.63) is 53.1 Å². The molecule has 0 saturated heterocycles. The molecule has 0 atom stereocenters. The van der Waals surface area contributed by atoms with Gasteiger partial charge < -0.3 is 9.64 Å². The molecule has 1 heterocycles. The molecule has 4 rings (SSSR count). The first-order chi connectivity index (χ1) is 13.2. The Bertz CT molecular complexity index is 930. The van der Waals surface area contributed by atoms with Crippen LogP contribution in [0.2, 0.25) is 0 Å². The molecule has 1 fully saturated rings. The van der Waals surface area contributed by atoms with Crippen LogP contribution in [0.1, 0.15) is 49.3 Å². The highest BCUT2D eigenvalue weighted by atomic mass is 19.4. The minimum absolute atomic E-state index is 0.00687. The molecule has 0 aromatic heterocycles. The van der Waals surface area contributed by atoms with E-state index >= 15 is 0 Å². The number of ether oxygens (including phenoxy) is 1. The monoisotopic (exact) mass is 389 g/mol. The van der Waals surface area contributed by atoms with Gasteiger partial charge in [0.1, 0.15) is 11.5 Å². The Morgan fingerprint density at radius 2 is 1.82 bits per heavy atom. The minimum atomic E-state index is -4.42. The number of aryl methyl sites for hydroxylation is 1. The highest BCUT2D eigenvalue weighted by molar-refractivity contribution is 5.95. The Kier molecular flexibility index (Phi) is 4.40. The van der Waals surface area contributed by atoms with Crippen LogP contribution < -0.4 is 9.64 Å². The van der Waals surface area contributed by atoms with Crippen LogP contribution in [0.3, 0.4) is 0 Å². The molecule has 1 saturated carbocycles. The fourth-order valence-electron chi connectivity index (χ4n) is 4.49. The predicted molar refractivity (Wildman–Crippen MR) is 101 cm³/mol. The second-order valence-corrected chi connectivity index (χ2v) is 7.85. The van der Waals surface area contributed by atoms with E-state index in [1.54, 1.807) is 24.8 Å². The molecule has 2 aliphatic rings. The number of fused-ring (bicyclic) bond motifs is 2. The summed E-state index contributed by atoms with van der Waals surface area (Å²) < 4.78 is 45.0. The molecule has 1 amide bonds. The van der Waals surface area contributed by atoms with Gasteiger partial charge in [0.05, 0.1) is 5.56 Å². The van der Waals surface area contributed by atoms with Crippen LogP contribution in [0.4, 0.5) is 18.9 Å². The number of carbonyl (C=O) groups is 1. The minimum Gasteiger partial charge on any atom is -0.457 e. The van der Waals surface area contributed by atoms with E-state index in [2.05, 4.69) is 0 Å². The van der Waals surface area contributed by atoms with Crippen molar-refractivity contribution in [1.82, 2.24) is 0 Å². The molecule has 28 heavy (non-hydrogen) atoms. The quantitative estimate of drug-likeness (QED) is 0.632. The average molecular weight is 389 g/mol. The van der Waals surface area contributed by atoms with Gasteiger partial charge in [-0.3, -0.25) is 4.79 Å². The number of benzene rings is 2. The number of nitrogens with zero attached hydrogens (tertiary/aromatic N) is 1. The Morgan fingerprint density at radius 1 is 1.11 bits per heavy atom. The van der Waals surface area contributed by atoms with Crippen molar-refractivity contribution < 1.29 is 22.7 Å². The molecule has 3 nitrogen and oxygen atoms in total. The summed E-state index contributed by atoms with van der Waals surface area (Å²) in [5, 5.41) is 0. The molecule has 0 bridgehead atoms. The lowest BCUT2D eigenvalue weighted by Crippen LogP contribution is -2.33. The molecule has 1 aliphatic carbocycles. The largest absolute Gasteiger partial charge is 0.457 e. The number of hydrogen-bond acceptors (Lipinski definition) is 2. The van der Waals surface area contributed by atoms with Gasteiger partial charge in [-0.2, -0.15) is 13.2 Å². The lowest BCUT2D eigenvalue weighted by atomic mass is 9.81. The summed E-state index contributed by atoms with van der Waals surface area (Å²) in [6, 6.07) is 8.99. The summed E-state index contributed by atoms with van der Waals surface area (Å²) >= 11 is 0. The van der Waals surface area contributed by atoms with E-state index in [0.717, 1.165) is 49.1 Å². The molecule has 2 aromatic rings. The third-order valence-electron chi connectivity index (χ3n) is 5.97. The fourth-order valence-corrected chi connectivity index (χ4v) is 4.49. The molecule has 1 aliphatic heterocycles. The van der Waals surface area contributed by atoms with Crippen LogP contribution in [0.15, 0.2) is 36.4 Å². The van der Waals surface area contributed by atoms with E-state index < -0.39 is 11.7 Å². The Balaban J connectivity index is 1.71. The molecule has 6 heteroatoms. The third-order valence-corrected chi connectivity index (χ3v) is 5.97. The molecular formula is C22H22F3NO2. The average Bonchev–Trinajstić information content (AvgIpc) is 3.22. The lowest BCUT2D eigenvalue weighted by Gasteiger charge is -2.24. The van der Waals surface area contributed by atoms with Crippen LogP contribution in [0.5, 0.6) is 11.5 Å². The summed E-state index contributed by atoms with van der Waals surface area (Å²) in [5.74, 6) is 0.696. The fraction of sp³-hybridized carbons (Fsp3) is 0.409. The summed E-state index contributed by atoms with van der Waals surface area (Å²) in [6.07, 6.45) is -0.169. The topological polar surface area (TPSA) is 29.5 Å². The van der Waals surface area contributed by atoms with Gasteiger partial charge in [0.15, 0.2) is 0 Å². The van der Waals surface area contributed by atoms with Gasteiger partial charge in [-0.25, -0.2) is 0 Å². The van der Waals surface area contributed by atoms with Crippen molar-refractivity contribution in [2.45, 2.75) is 51.1 Å². The van der Waals surface area contributed by atoms with E-state index in [4.69, 9.17) is 4.74 Å². The zero-order chi connectivity index (χ0) is 20.1. The van der Waals surface area contributed by atoms with Crippen molar-refractivity contribution in [3.8, 4) is 11.5 Å². The van der Waals surface area contributed by atoms with Gasteiger partial charge in [0, 0.05) is 24.6 Å². The first-order valence-corrected chi connectivity index (χ1v) is 9.48. The van der Waals surface area contributed by atoms with Crippen molar-refractivity contribution in [3.63, 3.8) is 0 Å². The summed E-state index contributed by atoms with van der Waals surface area (Å²) in [5.41, 5.74) is 1.80. The van der Waals surface area contributed by atoms with Gasteiger partial charge in [0.25, 0.3) is 0 Å². The number of amides is 1. The van der Waals surface area contributed by atoms with Crippen molar-refractivity contribution >= 4 is 11.6 Å². The Morgan fingerprint density at radius 3 is 2.46 bits per heavy atom. The van der Waals surface area contributed by atoms with Crippen molar-refractivity contribution in [2.24, 2.45) is 0 Å². The smallest absolute Gasteiger partial charge is 0.416 e. The number of anilines is 1. The molecule has 148 valence electrons. The number of hydrogen-bond donors (Lipinski definition) is 0. The van der Waals surface area contributed by atoms with Crippen LogP contribution in [-0.4, -0.2) is 12.5 Å². The standard InChI is InChI=1S/C22H22F3NO2/c1-14-5-6-16(22(23,24)25)11-20(14)28-17-7-8-19-18(12-17)21(9-3-4-10-21)13-26(19)15(2)27/h5-8,11-12H,3-4,9-10,13H2,1-2H3. The third kappa shape index (κ3) is 3.15. The van der Waals surface area contributed by atoms with Gasteiger partial charge >= 0.3 is 6.18 Å². The molecule has 0 N–H and O–H groups in total.